The maximum absolute atomic E-state index is 13.0. The van der Waals surface area contributed by atoms with Crippen molar-refractivity contribution in [2.24, 2.45) is 0 Å². The van der Waals surface area contributed by atoms with Gasteiger partial charge in [0, 0.05) is 17.6 Å². The van der Waals surface area contributed by atoms with Gasteiger partial charge in [-0.05, 0) is 58.8 Å². The van der Waals surface area contributed by atoms with Crippen molar-refractivity contribution in [3.63, 3.8) is 0 Å². The summed E-state index contributed by atoms with van der Waals surface area (Å²) in [6.45, 7) is 4.17. The largest absolute Gasteiger partial charge is 0.490 e. The van der Waals surface area contributed by atoms with Crippen LogP contribution < -0.4 is 9.47 Å². The molecule has 0 saturated carbocycles. The quantitative estimate of drug-likeness (QED) is 0.312. The summed E-state index contributed by atoms with van der Waals surface area (Å²) >= 11 is 4.39. The van der Waals surface area contributed by atoms with Gasteiger partial charge in [0.25, 0.3) is 11.1 Å². The number of thioether (sulfide) groups is 1. The van der Waals surface area contributed by atoms with E-state index in [1.54, 1.807) is 23.1 Å². The summed E-state index contributed by atoms with van der Waals surface area (Å²) in [4.78, 5) is 41.1. The molecule has 0 N–H and O–H groups in total. The first-order chi connectivity index (χ1) is 18.9. The summed E-state index contributed by atoms with van der Waals surface area (Å²) in [7, 11) is 0. The molecule has 3 aromatic carbocycles. The van der Waals surface area contributed by atoms with Crippen molar-refractivity contribution in [1.29, 1.82) is 0 Å². The molecule has 0 unspecified atom stereocenters. The number of rotatable bonds is 8. The van der Waals surface area contributed by atoms with Crippen LogP contribution >= 0.6 is 27.7 Å². The summed E-state index contributed by atoms with van der Waals surface area (Å²) in [5, 5.41) is 1.79. The van der Waals surface area contributed by atoms with Crippen LogP contribution in [-0.4, -0.2) is 66.3 Å². The zero-order valence-electron chi connectivity index (χ0n) is 21.4. The highest BCUT2D eigenvalue weighted by Gasteiger charge is 2.37. The maximum Gasteiger partial charge on any atom is 0.294 e. The van der Waals surface area contributed by atoms with Crippen molar-refractivity contribution in [2.45, 2.75) is 13.5 Å². The Labute approximate surface area is 239 Å². The lowest BCUT2D eigenvalue weighted by molar-refractivity contribution is -0.139. The summed E-state index contributed by atoms with van der Waals surface area (Å²) in [6, 6.07) is 17.8. The van der Waals surface area contributed by atoms with Crippen LogP contribution in [0.1, 0.15) is 18.1 Å². The Bertz CT molecular complexity index is 1450. The zero-order chi connectivity index (χ0) is 27.4. The van der Waals surface area contributed by atoms with E-state index < -0.39 is 11.1 Å². The first-order valence-corrected chi connectivity index (χ1v) is 14.2. The summed E-state index contributed by atoms with van der Waals surface area (Å²) < 4.78 is 18.0. The molecule has 0 bridgehead atoms. The molecule has 0 atom stereocenters. The van der Waals surface area contributed by atoms with Gasteiger partial charge in [-0.3, -0.25) is 19.3 Å². The van der Waals surface area contributed by atoms with E-state index in [-0.39, 0.29) is 17.4 Å². The minimum absolute atomic E-state index is 0.238. The molecule has 10 heteroatoms. The molecular formula is C29H27BrN2O6S. The number of hydrogen-bond acceptors (Lipinski definition) is 7. The second-order valence-electron chi connectivity index (χ2n) is 8.94. The van der Waals surface area contributed by atoms with Gasteiger partial charge in [0.1, 0.15) is 13.2 Å². The van der Waals surface area contributed by atoms with Gasteiger partial charge >= 0.3 is 0 Å². The van der Waals surface area contributed by atoms with E-state index in [9.17, 15) is 14.4 Å². The molecule has 39 heavy (non-hydrogen) atoms. The number of ether oxygens (including phenoxy) is 3. The van der Waals surface area contributed by atoms with Crippen molar-refractivity contribution in [3.8, 4) is 11.5 Å². The Balaban J connectivity index is 1.34. The number of hydrogen-bond donors (Lipinski definition) is 0. The molecule has 0 aromatic heterocycles. The van der Waals surface area contributed by atoms with E-state index in [1.165, 1.54) is 0 Å². The molecule has 3 aromatic rings. The fraction of sp³-hybridized carbons (Fsp3) is 0.276. The van der Waals surface area contributed by atoms with Gasteiger partial charge in [0.05, 0.1) is 24.7 Å². The van der Waals surface area contributed by atoms with Crippen LogP contribution in [0.15, 0.2) is 64.0 Å². The number of imide groups is 1. The van der Waals surface area contributed by atoms with Gasteiger partial charge < -0.3 is 19.1 Å². The Morgan fingerprint density at radius 3 is 2.59 bits per heavy atom. The van der Waals surface area contributed by atoms with Gasteiger partial charge in [-0.25, -0.2) is 0 Å². The minimum Gasteiger partial charge on any atom is -0.490 e. The smallest absolute Gasteiger partial charge is 0.294 e. The predicted octanol–water partition coefficient (Wildman–Crippen LogP) is 5.48. The third kappa shape index (κ3) is 6.13. The maximum atomic E-state index is 13.0. The zero-order valence-corrected chi connectivity index (χ0v) is 23.8. The minimum atomic E-state index is -0.493. The number of carbonyl (C=O) groups is 3. The number of morpholine rings is 1. The second kappa shape index (κ2) is 12.2. The average molecular weight is 612 g/mol. The highest BCUT2D eigenvalue weighted by Crippen LogP contribution is 2.38. The van der Waals surface area contributed by atoms with Crippen molar-refractivity contribution in [3.05, 3.63) is 75.1 Å². The molecule has 2 saturated heterocycles. The third-order valence-electron chi connectivity index (χ3n) is 6.44. The van der Waals surface area contributed by atoms with Crippen LogP contribution in [0, 0.1) is 0 Å². The van der Waals surface area contributed by atoms with Crippen LogP contribution in [0.4, 0.5) is 4.79 Å². The van der Waals surface area contributed by atoms with E-state index in [0.29, 0.717) is 61.1 Å². The molecule has 2 heterocycles. The third-order valence-corrected chi connectivity index (χ3v) is 8.04. The number of benzene rings is 3. The van der Waals surface area contributed by atoms with E-state index in [4.69, 9.17) is 14.2 Å². The Morgan fingerprint density at radius 2 is 1.79 bits per heavy atom. The SMILES string of the molecule is CCOc1cc(/C=C2/SC(=O)N(CC(=O)N3CCOCC3)C2=O)c(Br)cc1OCc1cccc2ccccc12. The van der Waals surface area contributed by atoms with E-state index in [0.717, 1.165) is 33.0 Å². The lowest BCUT2D eigenvalue weighted by Crippen LogP contribution is -2.46. The topological polar surface area (TPSA) is 85.4 Å². The van der Waals surface area contributed by atoms with Crippen LogP contribution in [0.3, 0.4) is 0 Å². The highest BCUT2D eigenvalue weighted by molar-refractivity contribution is 9.10. The molecule has 3 amide bonds. The highest BCUT2D eigenvalue weighted by atomic mass is 79.9. The first kappa shape index (κ1) is 27.2. The number of amides is 3. The molecule has 0 aliphatic carbocycles. The van der Waals surface area contributed by atoms with Crippen molar-refractivity contribution in [1.82, 2.24) is 9.80 Å². The van der Waals surface area contributed by atoms with Crippen LogP contribution in [0.25, 0.3) is 16.8 Å². The number of carbonyl (C=O) groups excluding carboxylic acids is 3. The Morgan fingerprint density at radius 1 is 1.05 bits per heavy atom. The molecule has 5 rings (SSSR count). The second-order valence-corrected chi connectivity index (χ2v) is 10.8. The standard InChI is InChI=1S/C29H27BrN2O6S/c1-2-37-24-14-21(15-26-28(34)32(29(35)39-26)17-27(33)31-10-12-36-13-11-31)23(30)16-25(24)38-18-20-8-5-7-19-6-3-4-9-22(19)20/h3-9,14-16H,2,10-13,17-18H2,1H3/b26-15+. The number of fused-ring (bicyclic) bond motifs is 1. The molecule has 2 aliphatic heterocycles. The summed E-state index contributed by atoms with van der Waals surface area (Å²) in [5.41, 5.74) is 1.71. The Kier molecular flexibility index (Phi) is 8.54. The van der Waals surface area contributed by atoms with Gasteiger partial charge in [0.15, 0.2) is 11.5 Å². The van der Waals surface area contributed by atoms with Gasteiger partial charge in [0.2, 0.25) is 5.91 Å². The molecule has 8 nitrogen and oxygen atoms in total. The molecule has 0 radical (unpaired) electrons. The monoisotopic (exact) mass is 610 g/mol. The first-order valence-electron chi connectivity index (χ1n) is 12.6. The van der Waals surface area contributed by atoms with Crippen molar-refractivity contribution in [2.75, 3.05) is 39.5 Å². The molecule has 202 valence electrons. The summed E-state index contributed by atoms with van der Waals surface area (Å²) in [5.74, 6) is 0.314. The lowest BCUT2D eigenvalue weighted by atomic mass is 10.1. The number of halogens is 1. The predicted molar refractivity (Wildman–Crippen MR) is 154 cm³/mol. The van der Waals surface area contributed by atoms with Crippen LogP contribution in [0.2, 0.25) is 0 Å². The number of nitrogens with zero attached hydrogens (tertiary/aromatic N) is 2. The van der Waals surface area contributed by atoms with Crippen LogP contribution in [0.5, 0.6) is 11.5 Å². The van der Waals surface area contributed by atoms with E-state index >= 15 is 0 Å². The van der Waals surface area contributed by atoms with Gasteiger partial charge in [-0.1, -0.05) is 58.4 Å². The summed E-state index contributed by atoms with van der Waals surface area (Å²) in [6.07, 6.45) is 1.63. The van der Waals surface area contributed by atoms with Crippen molar-refractivity contribution >= 4 is 61.6 Å². The van der Waals surface area contributed by atoms with E-state index in [2.05, 4.69) is 34.1 Å². The average Bonchev–Trinajstić information content (AvgIpc) is 3.21. The van der Waals surface area contributed by atoms with Crippen LogP contribution in [-0.2, 0) is 20.9 Å². The molecule has 2 aliphatic rings. The molecular weight excluding hydrogens is 584 g/mol. The van der Waals surface area contributed by atoms with Gasteiger partial charge in [-0.15, -0.1) is 0 Å². The normalized spacial score (nSPS) is 16.8. The van der Waals surface area contributed by atoms with Crippen molar-refractivity contribution < 1.29 is 28.6 Å². The van der Waals surface area contributed by atoms with E-state index in [1.807, 2.05) is 31.2 Å². The lowest BCUT2D eigenvalue weighted by Gasteiger charge is -2.28. The molecule has 2 fully saturated rings. The van der Waals surface area contributed by atoms with Gasteiger partial charge in [-0.2, -0.15) is 0 Å². The fourth-order valence-electron chi connectivity index (χ4n) is 4.44. The fourth-order valence-corrected chi connectivity index (χ4v) is 5.71. The Hall–Kier alpha value is -3.34. The molecule has 0 spiro atoms.